The van der Waals surface area contributed by atoms with E-state index in [-0.39, 0.29) is 5.91 Å². The van der Waals surface area contributed by atoms with Crippen molar-refractivity contribution >= 4 is 17.0 Å². The minimum Gasteiger partial charge on any atom is -0.493 e. The Morgan fingerprint density at radius 3 is 2.59 bits per heavy atom. The first-order chi connectivity index (χ1) is 14.1. The van der Waals surface area contributed by atoms with Crippen LogP contribution in [-0.2, 0) is 17.9 Å². The summed E-state index contributed by atoms with van der Waals surface area (Å²) in [4.78, 5) is 26.5. The second kappa shape index (κ2) is 9.32. The molecule has 0 saturated heterocycles. The lowest BCUT2D eigenvalue weighted by molar-refractivity contribution is -0.131. The highest BCUT2D eigenvalue weighted by Gasteiger charge is 2.15. The predicted octanol–water partition coefficient (Wildman–Crippen LogP) is 3.44. The van der Waals surface area contributed by atoms with Crippen molar-refractivity contribution in [2.75, 3.05) is 20.8 Å². The van der Waals surface area contributed by atoms with E-state index in [0.29, 0.717) is 49.6 Å². The Morgan fingerprint density at radius 1 is 1.10 bits per heavy atom. The van der Waals surface area contributed by atoms with Crippen LogP contribution in [0.5, 0.6) is 11.5 Å². The lowest BCUT2D eigenvalue weighted by atomic mass is 10.1. The number of hydrogen-bond donors (Lipinski definition) is 0. The molecule has 0 N–H and O–H groups in total. The second-order valence-electron chi connectivity index (χ2n) is 6.69. The molecule has 1 heterocycles. The number of fused-ring (bicyclic) bond motifs is 1. The van der Waals surface area contributed by atoms with E-state index < -0.39 is 5.76 Å². The third kappa shape index (κ3) is 4.62. The van der Waals surface area contributed by atoms with Gasteiger partial charge in [-0.2, -0.15) is 0 Å². The first-order valence-corrected chi connectivity index (χ1v) is 9.64. The number of amides is 1. The molecule has 0 aliphatic carbocycles. The number of oxazole rings is 1. The van der Waals surface area contributed by atoms with Gasteiger partial charge < -0.3 is 18.8 Å². The van der Waals surface area contributed by atoms with Gasteiger partial charge in [0.05, 0.1) is 19.7 Å². The monoisotopic (exact) mass is 398 g/mol. The number of aryl methyl sites for hydroxylation is 1. The second-order valence-corrected chi connectivity index (χ2v) is 6.69. The van der Waals surface area contributed by atoms with Crippen LogP contribution in [0.2, 0.25) is 0 Å². The van der Waals surface area contributed by atoms with E-state index in [9.17, 15) is 9.59 Å². The molecule has 2 aromatic carbocycles. The number of carbonyl (C=O) groups is 1. The first kappa shape index (κ1) is 20.5. The lowest BCUT2D eigenvalue weighted by Crippen LogP contribution is -2.30. The molecular weight excluding hydrogens is 372 g/mol. The molecular formula is C22H26N2O5. The average Bonchev–Trinajstić information content (AvgIpc) is 3.06. The molecule has 0 radical (unpaired) electrons. The van der Waals surface area contributed by atoms with Crippen LogP contribution in [-0.4, -0.2) is 36.1 Å². The maximum Gasteiger partial charge on any atom is 0.419 e. The molecule has 7 heteroatoms. The van der Waals surface area contributed by atoms with E-state index in [1.165, 1.54) is 0 Å². The van der Waals surface area contributed by atoms with Crippen molar-refractivity contribution in [2.45, 2.75) is 32.9 Å². The lowest BCUT2D eigenvalue weighted by Gasteiger charge is -2.21. The Hall–Kier alpha value is -3.22. The number of aromatic nitrogens is 1. The smallest absolute Gasteiger partial charge is 0.419 e. The molecule has 29 heavy (non-hydrogen) atoms. The van der Waals surface area contributed by atoms with Crippen LogP contribution < -0.4 is 15.2 Å². The summed E-state index contributed by atoms with van der Waals surface area (Å²) in [6, 6.07) is 12.9. The molecule has 0 unspecified atom stereocenters. The fraction of sp³-hybridized carbons (Fsp3) is 0.364. The van der Waals surface area contributed by atoms with Gasteiger partial charge in [0.2, 0.25) is 5.91 Å². The van der Waals surface area contributed by atoms with Crippen molar-refractivity contribution in [2.24, 2.45) is 0 Å². The van der Waals surface area contributed by atoms with Crippen LogP contribution >= 0.6 is 0 Å². The van der Waals surface area contributed by atoms with Crippen molar-refractivity contribution in [3.05, 3.63) is 58.6 Å². The molecule has 3 rings (SSSR count). The molecule has 0 atom stereocenters. The number of ether oxygens (including phenoxy) is 2. The Bertz CT molecular complexity index is 1040. The first-order valence-electron chi connectivity index (χ1n) is 9.64. The Morgan fingerprint density at radius 2 is 1.86 bits per heavy atom. The Labute approximate surface area is 169 Å². The zero-order valence-corrected chi connectivity index (χ0v) is 17.0. The molecule has 7 nitrogen and oxygen atoms in total. The van der Waals surface area contributed by atoms with Gasteiger partial charge in [-0.05, 0) is 43.2 Å². The summed E-state index contributed by atoms with van der Waals surface area (Å²) in [5, 5.41) is 0. The van der Waals surface area contributed by atoms with Crippen LogP contribution in [0, 0.1) is 0 Å². The molecule has 0 aliphatic rings. The number of para-hydroxylation sites is 2. The maximum absolute atomic E-state index is 12.7. The summed E-state index contributed by atoms with van der Waals surface area (Å²) in [6.07, 6.45) is 0.914. The molecule has 0 fully saturated rings. The zero-order valence-electron chi connectivity index (χ0n) is 17.0. The fourth-order valence-electron chi connectivity index (χ4n) is 3.35. The quantitative estimate of drug-likeness (QED) is 0.552. The fourth-order valence-corrected chi connectivity index (χ4v) is 3.35. The molecule has 0 spiro atoms. The summed E-state index contributed by atoms with van der Waals surface area (Å²) in [5.41, 5.74) is 2.28. The number of rotatable bonds is 9. The number of benzene rings is 2. The van der Waals surface area contributed by atoms with Gasteiger partial charge in [-0.3, -0.25) is 9.36 Å². The molecule has 0 aliphatic heterocycles. The van der Waals surface area contributed by atoms with E-state index in [4.69, 9.17) is 13.9 Å². The minimum atomic E-state index is -0.392. The summed E-state index contributed by atoms with van der Waals surface area (Å²) < 4.78 is 17.4. The molecule has 1 amide bonds. The minimum absolute atomic E-state index is 0.0446. The van der Waals surface area contributed by atoms with Crippen LogP contribution in [0.1, 0.15) is 25.3 Å². The van der Waals surface area contributed by atoms with Gasteiger partial charge in [-0.1, -0.05) is 18.2 Å². The van der Waals surface area contributed by atoms with E-state index in [2.05, 4.69) is 0 Å². The highest BCUT2D eigenvalue weighted by atomic mass is 16.5. The summed E-state index contributed by atoms with van der Waals surface area (Å²) in [6.45, 7) is 3.48. The molecule has 0 saturated carbocycles. The summed E-state index contributed by atoms with van der Waals surface area (Å²) >= 11 is 0. The van der Waals surface area contributed by atoms with E-state index in [1.807, 2.05) is 43.3 Å². The maximum atomic E-state index is 12.7. The number of carbonyl (C=O) groups excluding carboxylic acids is 1. The molecule has 3 aromatic rings. The number of hydrogen-bond acceptors (Lipinski definition) is 5. The highest BCUT2D eigenvalue weighted by Crippen LogP contribution is 2.28. The SMILES string of the molecule is CCN(Cc1ccc(OC)c(OC)c1)C(=O)CCCn1c(=O)oc2ccccc21. The standard InChI is InChI=1S/C22H26N2O5/c1-4-23(15-16-11-12-19(27-2)20(14-16)28-3)21(25)10-7-13-24-17-8-5-6-9-18(17)29-22(24)26/h5-6,8-9,11-12,14H,4,7,10,13,15H2,1-3H3. The summed E-state index contributed by atoms with van der Waals surface area (Å²) in [7, 11) is 3.18. The third-order valence-corrected chi connectivity index (χ3v) is 4.90. The van der Waals surface area contributed by atoms with Gasteiger partial charge in [-0.25, -0.2) is 4.79 Å². The van der Waals surface area contributed by atoms with Crippen molar-refractivity contribution in [1.29, 1.82) is 0 Å². The van der Waals surface area contributed by atoms with E-state index >= 15 is 0 Å². The third-order valence-electron chi connectivity index (χ3n) is 4.90. The van der Waals surface area contributed by atoms with Crippen molar-refractivity contribution < 1.29 is 18.7 Å². The van der Waals surface area contributed by atoms with Crippen LogP contribution in [0.25, 0.3) is 11.1 Å². The summed E-state index contributed by atoms with van der Waals surface area (Å²) in [5.74, 6) is 0.947. The van der Waals surface area contributed by atoms with Gasteiger partial charge in [0.15, 0.2) is 17.1 Å². The van der Waals surface area contributed by atoms with Gasteiger partial charge in [0.1, 0.15) is 0 Å². The molecule has 0 bridgehead atoms. The van der Waals surface area contributed by atoms with E-state index in [1.54, 1.807) is 29.8 Å². The number of methoxy groups -OCH3 is 2. The Balaban J connectivity index is 1.61. The van der Waals surface area contributed by atoms with Crippen molar-refractivity contribution in [1.82, 2.24) is 9.47 Å². The van der Waals surface area contributed by atoms with Gasteiger partial charge in [-0.15, -0.1) is 0 Å². The van der Waals surface area contributed by atoms with Crippen LogP contribution in [0.3, 0.4) is 0 Å². The van der Waals surface area contributed by atoms with Gasteiger partial charge in [0.25, 0.3) is 0 Å². The average molecular weight is 398 g/mol. The molecule has 1 aromatic heterocycles. The van der Waals surface area contributed by atoms with Crippen LogP contribution in [0.4, 0.5) is 0 Å². The Kier molecular flexibility index (Phi) is 6.59. The van der Waals surface area contributed by atoms with Crippen molar-refractivity contribution in [3.63, 3.8) is 0 Å². The largest absolute Gasteiger partial charge is 0.493 e. The van der Waals surface area contributed by atoms with E-state index in [0.717, 1.165) is 11.1 Å². The van der Waals surface area contributed by atoms with Crippen LogP contribution in [0.15, 0.2) is 51.7 Å². The highest BCUT2D eigenvalue weighted by molar-refractivity contribution is 5.76. The van der Waals surface area contributed by atoms with Crippen molar-refractivity contribution in [3.8, 4) is 11.5 Å². The molecule has 154 valence electrons. The number of nitrogens with zero attached hydrogens (tertiary/aromatic N) is 2. The topological polar surface area (TPSA) is 73.9 Å². The normalized spacial score (nSPS) is 10.9. The predicted molar refractivity (Wildman–Crippen MR) is 110 cm³/mol. The zero-order chi connectivity index (χ0) is 20.8. The van der Waals surface area contributed by atoms with Gasteiger partial charge >= 0.3 is 5.76 Å². The van der Waals surface area contributed by atoms with Gasteiger partial charge in [0, 0.05) is 26.1 Å².